The first-order chi connectivity index (χ1) is 8.18. The van der Waals surface area contributed by atoms with Crippen LogP contribution in [0.2, 0.25) is 10.0 Å². The molecule has 1 heterocycles. The minimum absolute atomic E-state index is 0.157. The lowest BCUT2D eigenvalue weighted by atomic mass is 10.2. The zero-order valence-electron chi connectivity index (χ0n) is 8.82. The molecule has 0 atom stereocenters. The topological polar surface area (TPSA) is 45.1 Å². The van der Waals surface area contributed by atoms with Crippen molar-refractivity contribution in [2.24, 2.45) is 0 Å². The number of phenolic OH excluding ortho intramolecular Hbond substituents is 1. The van der Waals surface area contributed by atoms with Gasteiger partial charge >= 0.3 is 0 Å². The molecule has 5 heteroatoms. The number of nitrogens with zero attached hydrogens (tertiary/aromatic N) is 1. The maximum Gasteiger partial charge on any atom is 0.122 e. The van der Waals surface area contributed by atoms with Crippen LogP contribution in [0.1, 0.15) is 5.56 Å². The van der Waals surface area contributed by atoms with Gasteiger partial charge in [0.05, 0.1) is 16.9 Å². The fourth-order valence-electron chi connectivity index (χ4n) is 1.41. The third-order valence-corrected chi connectivity index (χ3v) is 3.00. The summed E-state index contributed by atoms with van der Waals surface area (Å²) in [5.74, 6) is 0.157. The summed E-state index contributed by atoms with van der Waals surface area (Å²) in [6.07, 6.45) is 3.23. The highest BCUT2D eigenvalue weighted by atomic mass is 35.5. The average molecular weight is 269 g/mol. The van der Waals surface area contributed by atoms with Crippen molar-refractivity contribution < 1.29 is 5.11 Å². The van der Waals surface area contributed by atoms with Crippen LogP contribution in [0.3, 0.4) is 0 Å². The summed E-state index contributed by atoms with van der Waals surface area (Å²) in [4.78, 5) is 3.96. The molecule has 0 aliphatic rings. The zero-order chi connectivity index (χ0) is 12.3. The summed E-state index contributed by atoms with van der Waals surface area (Å²) < 4.78 is 0. The fraction of sp³-hybridized carbons (Fsp3) is 0.0833. The van der Waals surface area contributed by atoms with Gasteiger partial charge in [-0.2, -0.15) is 0 Å². The lowest BCUT2D eigenvalue weighted by Crippen LogP contribution is -2.01. The van der Waals surface area contributed by atoms with E-state index in [0.29, 0.717) is 27.8 Å². The van der Waals surface area contributed by atoms with E-state index in [0.717, 1.165) is 0 Å². The number of pyridine rings is 1. The summed E-state index contributed by atoms with van der Waals surface area (Å²) >= 11 is 12.0. The van der Waals surface area contributed by atoms with Gasteiger partial charge in [-0.05, 0) is 18.2 Å². The summed E-state index contributed by atoms with van der Waals surface area (Å²) in [5, 5.41) is 13.8. The molecule has 2 rings (SSSR count). The number of halogens is 2. The number of benzene rings is 1. The highest BCUT2D eigenvalue weighted by Gasteiger charge is 2.06. The quantitative estimate of drug-likeness (QED) is 0.892. The molecule has 0 aliphatic carbocycles. The Morgan fingerprint density at radius 2 is 2.00 bits per heavy atom. The Bertz CT molecular complexity index is 511. The molecular weight excluding hydrogens is 259 g/mol. The third kappa shape index (κ3) is 2.81. The van der Waals surface area contributed by atoms with Gasteiger partial charge in [0.15, 0.2) is 0 Å². The first kappa shape index (κ1) is 12.0. The van der Waals surface area contributed by atoms with Gasteiger partial charge in [-0.25, -0.2) is 0 Å². The monoisotopic (exact) mass is 268 g/mol. The second kappa shape index (κ2) is 5.25. The third-order valence-electron chi connectivity index (χ3n) is 2.32. The van der Waals surface area contributed by atoms with E-state index in [1.807, 2.05) is 0 Å². The van der Waals surface area contributed by atoms with Crippen LogP contribution in [-0.4, -0.2) is 10.1 Å². The summed E-state index contributed by atoms with van der Waals surface area (Å²) in [5.41, 5.74) is 1.34. The second-order valence-corrected chi connectivity index (χ2v) is 4.26. The molecule has 88 valence electrons. The maximum atomic E-state index is 9.67. The van der Waals surface area contributed by atoms with Crippen molar-refractivity contribution in [1.82, 2.24) is 4.98 Å². The number of hydrogen-bond acceptors (Lipinski definition) is 3. The summed E-state index contributed by atoms with van der Waals surface area (Å²) in [6, 6.07) is 6.70. The number of nitrogens with one attached hydrogen (secondary N) is 1. The largest absolute Gasteiger partial charge is 0.508 e. The van der Waals surface area contributed by atoms with Gasteiger partial charge in [0.2, 0.25) is 0 Å². The van der Waals surface area contributed by atoms with Gasteiger partial charge in [-0.1, -0.05) is 29.3 Å². The first-order valence-electron chi connectivity index (χ1n) is 4.98. The number of aromatic hydroxyl groups is 1. The minimum atomic E-state index is 0.157. The van der Waals surface area contributed by atoms with Crippen LogP contribution in [0.5, 0.6) is 5.75 Å². The Morgan fingerprint density at radius 1 is 1.18 bits per heavy atom. The van der Waals surface area contributed by atoms with Crippen LogP contribution in [0, 0.1) is 0 Å². The van der Waals surface area contributed by atoms with Crippen molar-refractivity contribution in [3.63, 3.8) is 0 Å². The van der Waals surface area contributed by atoms with Gasteiger partial charge in [0, 0.05) is 23.3 Å². The van der Waals surface area contributed by atoms with Gasteiger partial charge < -0.3 is 10.4 Å². The predicted octanol–water partition coefficient (Wildman–Crippen LogP) is 3.71. The van der Waals surface area contributed by atoms with E-state index in [9.17, 15) is 5.11 Å². The smallest absolute Gasteiger partial charge is 0.122 e. The van der Waals surface area contributed by atoms with Gasteiger partial charge in [0.25, 0.3) is 0 Å². The Kier molecular flexibility index (Phi) is 3.71. The molecule has 0 spiro atoms. The van der Waals surface area contributed by atoms with Crippen LogP contribution in [0.25, 0.3) is 0 Å². The van der Waals surface area contributed by atoms with Crippen molar-refractivity contribution in [2.75, 3.05) is 5.32 Å². The average Bonchev–Trinajstić information content (AvgIpc) is 2.30. The Morgan fingerprint density at radius 3 is 2.71 bits per heavy atom. The van der Waals surface area contributed by atoms with Crippen LogP contribution in [0.4, 0.5) is 5.69 Å². The maximum absolute atomic E-state index is 9.67. The number of anilines is 1. The molecular formula is C12H10Cl2N2O. The Labute approximate surface area is 109 Å². The SMILES string of the molecule is Oc1cccc(Cl)c1CNc1cnccc1Cl. The Hall–Kier alpha value is -1.45. The first-order valence-corrected chi connectivity index (χ1v) is 5.74. The van der Waals surface area contributed by atoms with Gasteiger partial charge in [-0.15, -0.1) is 0 Å². The molecule has 0 radical (unpaired) electrons. The van der Waals surface area contributed by atoms with Crippen molar-refractivity contribution in [1.29, 1.82) is 0 Å². The lowest BCUT2D eigenvalue weighted by molar-refractivity contribution is 0.469. The van der Waals surface area contributed by atoms with E-state index in [4.69, 9.17) is 23.2 Å². The van der Waals surface area contributed by atoms with Crippen LogP contribution in [-0.2, 0) is 6.54 Å². The molecule has 0 aliphatic heterocycles. The number of aromatic nitrogens is 1. The fourth-order valence-corrected chi connectivity index (χ4v) is 1.82. The zero-order valence-corrected chi connectivity index (χ0v) is 10.3. The van der Waals surface area contributed by atoms with Crippen molar-refractivity contribution in [3.8, 4) is 5.75 Å². The number of hydrogen-bond donors (Lipinski definition) is 2. The highest BCUT2D eigenvalue weighted by Crippen LogP contribution is 2.27. The number of phenols is 1. The van der Waals surface area contributed by atoms with E-state index in [-0.39, 0.29) is 5.75 Å². The molecule has 0 unspecified atom stereocenters. The van der Waals surface area contributed by atoms with E-state index >= 15 is 0 Å². The number of rotatable bonds is 3. The second-order valence-electron chi connectivity index (χ2n) is 3.45. The Balaban J connectivity index is 2.16. The van der Waals surface area contributed by atoms with Gasteiger partial charge in [0.1, 0.15) is 5.75 Å². The van der Waals surface area contributed by atoms with E-state index < -0.39 is 0 Å². The van der Waals surface area contributed by atoms with Crippen LogP contribution < -0.4 is 5.32 Å². The normalized spacial score (nSPS) is 10.2. The lowest BCUT2D eigenvalue weighted by Gasteiger charge is -2.10. The summed E-state index contributed by atoms with van der Waals surface area (Å²) in [6.45, 7) is 0.386. The molecule has 3 nitrogen and oxygen atoms in total. The summed E-state index contributed by atoms with van der Waals surface area (Å²) in [7, 11) is 0. The molecule has 0 fully saturated rings. The van der Waals surface area contributed by atoms with Crippen LogP contribution >= 0.6 is 23.2 Å². The van der Waals surface area contributed by atoms with E-state index in [2.05, 4.69) is 10.3 Å². The highest BCUT2D eigenvalue weighted by molar-refractivity contribution is 6.33. The van der Waals surface area contributed by atoms with E-state index in [1.165, 1.54) is 0 Å². The molecule has 1 aromatic carbocycles. The molecule has 2 aromatic rings. The van der Waals surface area contributed by atoms with Gasteiger partial charge in [-0.3, -0.25) is 4.98 Å². The van der Waals surface area contributed by atoms with Crippen molar-refractivity contribution in [3.05, 3.63) is 52.3 Å². The van der Waals surface area contributed by atoms with Crippen molar-refractivity contribution >= 4 is 28.9 Å². The molecule has 2 N–H and O–H groups in total. The van der Waals surface area contributed by atoms with E-state index in [1.54, 1.807) is 36.7 Å². The molecule has 17 heavy (non-hydrogen) atoms. The molecule has 0 amide bonds. The molecule has 0 bridgehead atoms. The van der Waals surface area contributed by atoms with Crippen LogP contribution in [0.15, 0.2) is 36.7 Å². The minimum Gasteiger partial charge on any atom is -0.508 e. The molecule has 1 aromatic heterocycles. The molecule has 0 saturated heterocycles. The molecule has 0 saturated carbocycles. The predicted molar refractivity (Wildman–Crippen MR) is 69.7 cm³/mol. The van der Waals surface area contributed by atoms with Crippen molar-refractivity contribution in [2.45, 2.75) is 6.54 Å². The standard InChI is InChI=1S/C12H10Cl2N2O/c13-9-2-1-3-12(17)8(9)6-16-11-7-15-5-4-10(11)14/h1-5,7,16-17H,6H2.